The van der Waals surface area contributed by atoms with Crippen molar-refractivity contribution in [3.05, 3.63) is 37.6 Å². The van der Waals surface area contributed by atoms with E-state index in [0.717, 1.165) is 22.6 Å². The van der Waals surface area contributed by atoms with E-state index in [1.54, 1.807) is 16.7 Å². The Morgan fingerprint density at radius 3 is 2.84 bits per heavy atom. The van der Waals surface area contributed by atoms with Crippen LogP contribution in [0.5, 0.6) is 0 Å². The fourth-order valence-corrected chi connectivity index (χ4v) is 3.11. The molecule has 0 saturated heterocycles. The Bertz CT molecular complexity index is 706. The highest BCUT2D eigenvalue weighted by molar-refractivity contribution is 7.73. The fraction of sp³-hybridized carbons (Fsp3) is 0.167. The molecular formula is C12H11ClN2O2S2. The first-order chi connectivity index (χ1) is 8.95. The number of aryl methyl sites for hydroxylation is 1. The van der Waals surface area contributed by atoms with Crippen LogP contribution in [0, 0.1) is 10.9 Å². The molecule has 2 N–H and O–H groups in total. The van der Waals surface area contributed by atoms with Gasteiger partial charge in [0.2, 0.25) is 0 Å². The average Bonchev–Trinajstić information content (AvgIpc) is 2.67. The molecule has 1 aromatic heterocycles. The van der Waals surface area contributed by atoms with Gasteiger partial charge in [-0.25, -0.2) is 4.79 Å². The van der Waals surface area contributed by atoms with Crippen molar-refractivity contribution < 1.29 is 9.53 Å². The second-order valence-electron chi connectivity index (χ2n) is 3.84. The summed E-state index contributed by atoms with van der Waals surface area (Å²) < 4.78 is 6.79. The standard InChI is InChI=1S/C12H11ClN2O2S2/c1-6-3-4-7(13)5-8(6)15-10(14)9(11(16)17-2)19-12(15)18/h3-5H,14H2,1-2H3. The van der Waals surface area contributed by atoms with Crippen molar-refractivity contribution in [2.45, 2.75) is 6.92 Å². The maximum atomic E-state index is 11.6. The van der Waals surface area contributed by atoms with E-state index in [9.17, 15) is 4.79 Å². The number of anilines is 1. The lowest BCUT2D eigenvalue weighted by molar-refractivity contribution is 0.0607. The quantitative estimate of drug-likeness (QED) is 0.679. The molecular weight excluding hydrogens is 304 g/mol. The number of ether oxygens (including phenoxy) is 1. The molecule has 1 aromatic carbocycles. The van der Waals surface area contributed by atoms with Crippen LogP contribution in [0.25, 0.3) is 5.69 Å². The summed E-state index contributed by atoms with van der Waals surface area (Å²) in [6.07, 6.45) is 0. The van der Waals surface area contributed by atoms with E-state index in [4.69, 9.17) is 29.6 Å². The second kappa shape index (κ2) is 5.32. The van der Waals surface area contributed by atoms with Gasteiger partial charge in [0.25, 0.3) is 0 Å². The highest BCUT2D eigenvalue weighted by atomic mass is 35.5. The Kier molecular flexibility index (Phi) is 3.93. The molecule has 4 nitrogen and oxygen atoms in total. The third-order valence-corrected chi connectivity index (χ3v) is 4.23. The molecule has 2 aromatic rings. The fourth-order valence-electron chi connectivity index (χ4n) is 1.68. The van der Waals surface area contributed by atoms with Gasteiger partial charge in [0, 0.05) is 5.02 Å². The Morgan fingerprint density at radius 1 is 1.53 bits per heavy atom. The number of benzene rings is 1. The lowest BCUT2D eigenvalue weighted by Gasteiger charge is -2.09. The maximum absolute atomic E-state index is 11.6. The topological polar surface area (TPSA) is 57.2 Å². The first kappa shape index (κ1) is 14.0. The molecule has 0 spiro atoms. The monoisotopic (exact) mass is 314 g/mol. The molecule has 0 aliphatic heterocycles. The number of aromatic nitrogens is 1. The van der Waals surface area contributed by atoms with Crippen LogP contribution in [-0.2, 0) is 4.74 Å². The van der Waals surface area contributed by atoms with Gasteiger partial charge in [-0.1, -0.05) is 29.0 Å². The summed E-state index contributed by atoms with van der Waals surface area (Å²) in [5.41, 5.74) is 7.72. The molecule has 0 unspecified atom stereocenters. The highest BCUT2D eigenvalue weighted by Crippen LogP contribution is 2.29. The number of halogens is 1. The maximum Gasteiger partial charge on any atom is 0.351 e. The Morgan fingerprint density at radius 2 is 2.21 bits per heavy atom. The van der Waals surface area contributed by atoms with Gasteiger partial charge < -0.3 is 10.5 Å². The molecule has 2 rings (SSSR count). The van der Waals surface area contributed by atoms with Crippen LogP contribution in [0.4, 0.5) is 5.82 Å². The van der Waals surface area contributed by atoms with Gasteiger partial charge in [-0.05, 0) is 36.8 Å². The zero-order valence-corrected chi connectivity index (χ0v) is 12.7. The zero-order valence-electron chi connectivity index (χ0n) is 10.3. The van der Waals surface area contributed by atoms with Gasteiger partial charge in [0.05, 0.1) is 12.8 Å². The first-order valence-electron chi connectivity index (χ1n) is 5.32. The Labute approximate surface area is 124 Å². The normalized spacial score (nSPS) is 10.5. The predicted molar refractivity (Wildman–Crippen MR) is 80.0 cm³/mol. The SMILES string of the molecule is COC(=O)c1sc(=S)n(-c2cc(Cl)ccc2C)c1N. The summed E-state index contributed by atoms with van der Waals surface area (Å²) in [5, 5.41) is 0.577. The molecule has 1 heterocycles. The number of nitrogens with zero attached hydrogens (tertiary/aromatic N) is 1. The van der Waals surface area contributed by atoms with Gasteiger partial charge in [-0.2, -0.15) is 0 Å². The van der Waals surface area contributed by atoms with Crippen molar-refractivity contribution in [1.82, 2.24) is 4.57 Å². The van der Waals surface area contributed by atoms with E-state index in [2.05, 4.69) is 4.74 Å². The van der Waals surface area contributed by atoms with Crippen LogP contribution in [-0.4, -0.2) is 17.6 Å². The summed E-state index contributed by atoms with van der Waals surface area (Å²) in [6, 6.07) is 5.42. The minimum absolute atomic E-state index is 0.271. The van der Waals surface area contributed by atoms with E-state index in [0.29, 0.717) is 13.9 Å². The van der Waals surface area contributed by atoms with Crippen LogP contribution in [0.3, 0.4) is 0 Å². The minimum Gasteiger partial charge on any atom is -0.465 e. The summed E-state index contributed by atoms with van der Waals surface area (Å²) in [4.78, 5) is 11.9. The number of esters is 1. The number of thiazole rings is 1. The van der Waals surface area contributed by atoms with E-state index in [1.807, 2.05) is 13.0 Å². The lowest BCUT2D eigenvalue weighted by Crippen LogP contribution is -2.07. The van der Waals surface area contributed by atoms with E-state index >= 15 is 0 Å². The Hall–Kier alpha value is -1.37. The van der Waals surface area contributed by atoms with Crippen molar-refractivity contribution in [1.29, 1.82) is 0 Å². The summed E-state index contributed by atoms with van der Waals surface area (Å²) >= 11 is 12.4. The number of nitrogen functional groups attached to an aromatic ring is 1. The molecule has 19 heavy (non-hydrogen) atoms. The van der Waals surface area contributed by atoms with E-state index in [-0.39, 0.29) is 5.82 Å². The van der Waals surface area contributed by atoms with Crippen LogP contribution in [0.15, 0.2) is 18.2 Å². The molecule has 0 aliphatic carbocycles. The van der Waals surface area contributed by atoms with Crippen molar-refractivity contribution in [2.75, 3.05) is 12.8 Å². The van der Waals surface area contributed by atoms with E-state index in [1.165, 1.54) is 7.11 Å². The van der Waals surface area contributed by atoms with Crippen molar-refractivity contribution >= 4 is 46.9 Å². The highest BCUT2D eigenvalue weighted by Gasteiger charge is 2.19. The molecule has 0 fully saturated rings. The number of hydrogen-bond donors (Lipinski definition) is 1. The van der Waals surface area contributed by atoms with Crippen LogP contribution in [0.1, 0.15) is 15.2 Å². The van der Waals surface area contributed by atoms with Gasteiger partial charge >= 0.3 is 5.97 Å². The molecule has 0 aliphatic rings. The molecule has 0 saturated carbocycles. The third kappa shape index (κ3) is 2.51. The summed E-state index contributed by atoms with van der Waals surface area (Å²) in [6.45, 7) is 1.92. The number of carbonyl (C=O) groups is 1. The number of hydrogen-bond acceptors (Lipinski definition) is 5. The molecule has 100 valence electrons. The molecule has 0 amide bonds. The van der Waals surface area contributed by atoms with E-state index < -0.39 is 5.97 Å². The first-order valence-corrected chi connectivity index (χ1v) is 6.92. The molecule has 7 heteroatoms. The largest absolute Gasteiger partial charge is 0.465 e. The number of methoxy groups -OCH3 is 1. The average molecular weight is 315 g/mol. The van der Waals surface area contributed by atoms with Crippen LogP contribution < -0.4 is 5.73 Å². The smallest absolute Gasteiger partial charge is 0.351 e. The predicted octanol–water partition coefficient (Wildman–Crippen LogP) is 3.60. The third-order valence-electron chi connectivity index (χ3n) is 2.63. The molecule has 0 atom stereocenters. The summed E-state index contributed by atoms with van der Waals surface area (Å²) in [7, 11) is 1.31. The second-order valence-corrected chi connectivity index (χ2v) is 5.92. The van der Waals surface area contributed by atoms with Crippen molar-refractivity contribution in [3.8, 4) is 5.69 Å². The van der Waals surface area contributed by atoms with Crippen molar-refractivity contribution in [3.63, 3.8) is 0 Å². The van der Waals surface area contributed by atoms with Gasteiger partial charge in [-0.3, -0.25) is 4.57 Å². The van der Waals surface area contributed by atoms with Gasteiger partial charge in [-0.15, -0.1) is 0 Å². The zero-order chi connectivity index (χ0) is 14.2. The van der Waals surface area contributed by atoms with Crippen molar-refractivity contribution in [2.24, 2.45) is 0 Å². The number of carbonyl (C=O) groups excluding carboxylic acids is 1. The summed E-state index contributed by atoms with van der Waals surface area (Å²) in [5.74, 6) is -0.223. The molecule has 0 bridgehead atoms. The van der Waals surface area contributed by atoms with Gasteiger partial charge in [0.15, 0.2) is 8.83 Å². The van der Waals surface area contributed by atoms with Crippen LogP contribution >= 0.6 is 35.2 Å². The lowest BCUT2D eigenvalue weighted by atomic mass is 10.2. The van der Waals surface area contributed by atoms with Crippen LogP contribution in [0.2, 0.25) is 5.02 Å². The minimum atomic E-state index is -0.493. The number of nitrogens with two attached hydrogens (primary N) is 1. The van der Waals surface area contributed by atoms with Gasteiger partial charge in [0.1, 0.15) is 5.82 Å². The molecule has 0 radical (unpaired) electrons. The number of rotatable bonds is 2. The Balaban J connectivity index is 2.70.